The van der Waals surface area contributed by atoms with Crippen molar-refractivity contribution in [2.75, 3.05) is 38.2 Å². The van der Waals surface area contributed by atoms with Crippen LogP contribution in [-0.4, -0.2) is 33.8 Å². The number of hydrazine groups is 2. The van der Waals surface area contributed by atoms with Gasteiger partial charge in [-0.25, -0.2) is 0 Å². The molecule has 1 heterocycles. The van der Waals surface area contributed by atoms with E-state index in [1.54, 1.807) is 26.4 Å². The van der Waals surface area contributed by atoms with Gasteiger partial charge in [0.1, 0.15) is 17.2 Å². The molecule has 32 heavy (non-hydrogen) atoms. The molecule has 0 saturated heterocycles. The second-order valence-electron chi connectivity index (χ2n) is 6.83. The van der Waals surface area contributed by atoms with Crippen LogP contribution in [-0.2, 0) is 0 Å². The summed E-state index contributed by atoms with van der Waals surface area (Å²) in [7, 11) is 4.87. The normalized spacial score (nSPS) is 12.8. The summed E-state index contributed by atoms with van der Waals surface area (Å²) < 4.78 is 22.0. The molecule has 0 bridgehead atoms. The molecule has 0 aliphatic carbocycles. The predicted octanol–water partition coefficient (Wildman–Crippen LogP) is 4.22. The maximum absolute atomic E-state index is 5.86. The van der Waals surface area contributed by atoms with E-state index in [-0.39, 0.29) is 0 Å². The van der Waals surface area contributed by atoms with Crippen molar-refractivity contribution in [3.05, 3.63) is 72.3 Å². The Kier molecular flexibility index (Phi) is 6.21. The molecule has 1 N–H and O–H groups in total. The van der Waals surface area contributed by atoms with Crippen LogP contribution in [0.2, 0.25) is 0 Å². The topological polar surface area (TPSA) is 67.8 Å². The lowest BCUT2D eigenvalue weighted by Crippen LogP contribution is -2.45. The van der Waals surface area contributed by atoms with E-state index in [0.29, 0.717) is 23.9 Å². The summed E-state index contributed by atoms with van der Waals surface area (Å²) in [5, 5.41) is 8.47. The molecule has 1 aliphatic rings. The van der Waals surface area contributed by atoms with Gasteiger partial charge in [0, 0.05) is 5.56 Å². The van der Waals surface area contributed by atoms with Gasteiger partial charge >= 0.3 is 0 Å². The van der Waals surface area contributed by atoms with Crippen LogP contribution in [0, 0.1) is 0 Å². The van der Waals surface area contributed by atoms with Gasteiger partial charge in [0.15, 0.2) is 17.3 Å². The molecule has 0 aromatic heterocycles. The summed E-state index contributed by atoms with van der Waals surface area (Å²) in [6.07, 6.45) is 0. The monoisotopic (exact) mass is 434 g/mol. The molecule has 8 heteroatoms. The standard InChI is InChI=1S/C24H26N4O4/c1-5-32-21-9-7-6-8-20(21)28-26-24(17-10-15-22(30-3)23(16-17)31-4)25-27(28)18-11-13-19(29-2)14-12-18/h6-16H,5H2,1-4H3,(H,25,26). The van der Waals surface area contributed by atoms with E-state index in [2.05, 4.69) is 5.43 Å². The van der Waals surface area contributed by atoms with Crippen molar-refractivity contribution in [1.82, 2.24) is 5.43 Å². The van der Waals surface area contributed by atoms with Crippen molar-refractivity contribution in [2.45, 2.75) is 6.92 Å². The summed E-state index contributed by atoms with van der Waals surface area (Å²) in [6.45, 7) is 2.51. The molecule has 8 nitrogen and oxygen atoms in total. The number of benzene rings is 3. The number of hydrogen-bond acceptors (Lipinski definition) is 8. The van der Waals surface area contributed by atoms with E-state index in [1.807, 2.05) is 78.8 Å². The summed E-state index contributed by atoms with van der Waals surface area (Å²) >= 11 is 0. The molecule has 1 aliphatic heterocycles. The van der Waals surface area contributed by atoms with Gasteiger partial charge in [-0.05, 0) is 61.5 Å². The van der Waals surface area contributed by atoms with Gasteiger partial charge in [-0.2, -0.15) is 10.2 Å². The minimum Gasteiger partial charge on any atom is -0.497 e. The fourth-order valence-corrected chi connectivity index (χ4v) is 3.38. The largest absolute Gasteiger partial charge is 0.497 e. The highest BCUT2D eigenvalue weighted by Gasteiger charge is 2.29. The highest BCUT2D eigenvalue weighted by molar-refractivity contribution is 6.02. The van der Waals surface area contributed by atoms with Crippen molar-refractivity contribution >= 4 is 17.2 Å². The molecule has 0 radical (unpaired) electrons. The first kappa shape index (κ1) is 21.2. The first-order valence-corrected chi connectivity index (χ1v) is 10.2. The van der Waals surface area contributed by atoms with Gasteiger partial charge < -0.3 is 18.9 Å². The Morgan fingerprint density at radius 1 is 0.812 bits per heavy atom. The number of hydrogen-bond donors (Lipinski definition) is 1. The summed E-state index contributed by atoms with van der Waals surface area (Å²) in [4.78, 5) is 0. The van der Waals surface area contributed by atoms with Gasteiger partial charge in [0.25, 0.3) is 0 Å². The lowest BCUT2D eigenvalue weighted by molar-refractivity contribution is 0.340. The quantitative estimate of drug-likeness (QED) is 0.569. The first-order valence-electron chi connectivity index (χ1n) is 10.2. The number of amidine groups is 1. The van der Waals surface area contributed by atoms with Crippen LogP contribution in [0.4, 0.5) is 11.4 Å². The van der Waals surface area contributed by atoms with E-state index in [4.69, 9.17) is 24.0 Å². The number of anilines is 2. The molecule has 3 aromatic carbocycles. The zero-order valence-electron chi connectivity index (χ0n) is 18.5. The van der Waals surface area contributed by atoms with E-state index < -0.39 is 0 Å². The Morgan fingerprint density at radius 3 is 2.25 bits per heavy atom. The van der Waals surface area contributed by atoms with Crippen molar-refractivity contribution in [3.8, 4) is 23.0 Å². The van der Waals surface area contributed by atoms with Gasteiger partial charge in [-0.1, -0.05) is 12.1 Å². The zero-order valence-corrected chi connectivity index (χ0v) is 18.5. The van der Waals surface area contributed by atoms with Crippen LogP contribution in [0.15, 0.2) is 71.8 Å². The Hall–Kier alpha value is -4.07. The van der Waals surface area contributed by atoms with Gasteiger partial charge in [0.05, 0.1) is 33.6 Å². The molecule has 4 rings (SSSR count). The maximum Gasteiger partial charge on any atom is 0.176 e. The van der Waals surface area contributed by atoms with Gasteiger partial charge in [0.2, 0.25) is 0 Å². The highest BCUT2D eigenvalue weighted by Crippen LogP contribution is 2.34. The molecule has 0 atom stereocenters. The molecule has 0 amide bonds. The van der Waals surface area contributed by atoms with Crippen LogP contribution in [0.1, 0.15) is 12.5 Å². The third-order valence-electron chi connectivity index (χ3n) is 4.95. The number of para-hydroxylation sites is 2. The summed E-state index contributed by atoms with van der Waals surface area (Å²) in [5.74, 6) is 3.43. The fourth-order valence-electron chi connectivity index (χ4n) is 3.38. The highest BCUT2D eigenvalue weighted by atomic mass is 16.5. The SMILES string of the molecule is CCOc1ccccc1N1NC(c2ccc(OC)c(OC)c2)=NN1c1ccc(OC)cc1. The number of nitrogens with zero attached hydrogens (tertiary/aromatic N) is 3. The van der Waals surface area contributed by atoms with E-state index in [0.717, 1.165) is 28.4 Å². The summed E-state index contributed by atoms with van der Waals surface area (Å²) in [6, 6.07) is 21.1. The number of ether oxygens (including phenoxy) is 4. The van der Waals surface area contributed by atoms with Crippen molar-refractivity contribution in [1.29, 1.82) is 0 Å². The fraction of sp³-hybridized carbons (Fsp3) is 0.208. The smallest absolute Gasteiger partial charge is 0.176 e. The molecule has 166 valence electrons. The Labute approximate surface area is 187 Å². The lowest BCUT2D eigenvalue weighted by Gasteiger charge is -2.29. The van der Waals surface area contributed by atoms with Crippen LogP contribution < -0.4 is 34.6 Å². The number of hydrazone groups is 1. The number of nitrogens with one attached hydrogen (secondary N) is 1. The minimum absolute atomic E-state index is 0.552. The predicted molar refractivity (Wildman–Crippen MR) is 125 cm³/mol. The Bertz CT molecular complexity index is 1100. The third kappa shape index (κ3) is 4.07. The van der Waals surface area contributed by atoms with Crippen molar-refractivity contribution in [3.63, 3.8) is 0 Å². The lowest BCUT2D eigenvalue weighted by atomic mass is 10.2. The van der Waals surface area contributed by atoms with Crippen LogP contribution in [0.5, 0.6) is 23.0 Å². The van der Waals surface area contributed by atoms with E-state index in [9.17, 15) is 0 Å². The maximum atomic E-state index is 5.86. The first-order chi connectivity index (χ1) is 15.7. The molecule has 3 aromatic rings. The average molecular weight is 434 g/mol. The number of methoxy groups -OCH3 is 3. The Morgan fingerprint density at radius 2 is 1.56 bits per heavy atom. The van der Waals surface area contributed by atoms with E-state index >= 15 is 0 Å². The second kappa shape index (κ2) is 9.38. The van der Waals surface area contributed by atoms with Crippen LogP contribution in [0.25, 0.3) is 0 Å². The van der Waals surface area contributed by atoms with Crippen LogP contribution >= 0.6 is 0 Å². The zero-order chi connectivity index (χ0) is 22.5. The number of rotatable bonds is 8. The van der Waals surface area contributed by atoms with Gasteiger partial charge in [-0.15, -0.1) is 5.10 Å². The Balaban J connectivity index is 1.77. The molecule has 0 unspecified atom stereocenters. The van der Waals surface area contributed by atoms with Crippen molar-refractivity contribution in [2.24, 2.45) is 5.10 Å². The summed E-state index contributed by atoms with van der Waals surface area (Å²) in [5.41, 5.74) is 5.91. The molecule has 0 spiro atoms. The molecule has 0 fully saturated rings. The minimum atomic E-state index is 0.552. The molecular formula is C24H26N4O4. The van der Waals surface area contributed by atoms with Gasteiger partial charge in [-0.3, -0.25) is 5.43 Å². The molecule has 0 saturated carbocycles. The third-order valence-corrected chi connectivity index (χ3v) is 4.95. The molecular weight excluding hydrogens is 408 g/mol. The average Bonchev–Trinajstić information content (AvgIpc) is 3.29. The van der Waals surface area contributed by atoms with Crippen LogP contribution in [0.3, 0.4) is 0 Å². The second-order valence-corrected chi connectivity index (χ2v) is 6.83. The van der Waals surface area contributed by atoms with Crippen molar-refractivity contribution < 1.29 is 18.9 Å². The van der Waals surface area contributed by atoms with E-state index in [1.165, 1.54) is 0 Å².